The molecule has 1 heterocycles. The molecule has 0 amide bonds. The number of nitrogens with zero attached hydrogens (tertiary/aromatic N) is 3. The molecule has 1 aromatic heterocycles. The van der Waals surface area contributed by atoms with Crippen LogP contribution in [-0.4, -0.2) is 18.0 Å². The molecule has 0 saturated carbocycles. The van der Waals surface area contributed by atoms with E-state index < -0.39 is 0 Å². The second-order valence-corrected chi connectivity index (χ2v) is 5.97. The van der Waals surface area contributed by atoms with Gasteiger partial charge in [0.2, 0.25) is 0 Å². The minimum Gasteiger partial charge on any atom is -0.311 e. The summed E-state index contributed by atoms with van der Waals surface area (Å²) in [5.41, 5.74) is 4.26. The number of pyridine rings is 1. The maximum absolute atomic E-state index is 13.8. The van der Waals surface area contributed by atoms with Crippen LogP contribution in [0.1, 0.15) is 11.1 Å². The average molecular weight is 335 g/mol. The monoisotopic (exact) mass is 335 g/mol. The molecule has 0 aliphatic heterocycles. The fourth-order valence-corrected chi connectivity index (χ4v) is 3.23. The number of aliphatic imine (C=N–C) groups is 2. The fraction of sp³-hybridized carbons (Fsp3) is 0.150. The Balaban J connectivity index is 2.52. The summed E-state index contributed by atoms with van der Waals surface area (Å²) in [6, 6.07) is 8.09. The van der Waals surface area contributed by atoms with Crippen molar-refractivity contribution in [2.75, 3.05) is 0 Å². The minimum atomic E-state index is -0.348. The molecule has 3 aromatic rings. The van der Waals surface area contributed by atoms with Gasteiger partial charge in [-0.1, -0.05) is 12.1 Å². The zero-order valence-electron chi connectivity index (χ0n) is 14.4. The first kappa shape index (κ1) is 16.8. The first-order chi connectivity index (χ1) is 11.9. The summed E-state index contributed by atoms with van der Waals surface area (Å²) in [4.78, 5) is 21.1. The van der Waals surface area contributed by atoms with Gasteiger partial charge in [-0.15, -0.1) is 0 Å². The Kier molecular flexibility index (Phi) is 4.08. The van der Waals surface area contributed by atoms with Crippen LogP contribution in [0, 0.1) is 19.7 Å². The number of hydrogen-bond acceptors (Lipinski definition) is 3. The average Bonchev–Trinajstić information content (AvgIpc) is 2.60. The Labute approximate surface area is 145 Å². The van der Waals surface area contributed by atoms with Gasteiger partial charge >= 0.3 is 0 Å². The van der Waals surface area contributed by atoms with Crippen LogP contribution < -0.4 is 5.56 Å². The zero-order valence-corrected chi connectivity index (χ0v) is 14.4. The lowest BCUT2D eigenvalue weighted by Crippen LogP contribution is -2.20. The molecular formula is C20H18FN3O. The smallest absolute Gasteiger partial charge is 0.259 e. The van der Waals surface area contributed by atoms with Gasteiger partial charge in [0.1, 0.15) is 5.82 Å². The van der Waals surface area contributed by atoms with Crippen LogP contribution in [0.2, 0.25) is 0 Å². The van der Waals surface area contributed by atoms with Crippen molar-refractivity contribution in [1.29, 1.82) is 0 Å². The molecular weight excluding hydrogens is 317 g/mol. The highest BCUT2D eigenvalue weighted by atomic mass is 19.1. The fourth-order valence-electron chi connectivity index (χ4n) is 3.23. The highest BCUT2D eigenvalue weighted by Gasteiger charge is 2.19. The van der Waals surface area contributed by atoms with Gasteiger partial charge in [-0.25, -0.2) is 4.39 Å². The lowest BCUT2D eigenvalue weighted by atomic mass is 9.95. The van der Waals surface area contributed by atoms with Crippen LogP contribution in [0.3, 0.4) is 0 Å². The van der Waals surface area contributed by atoms with Crippen LogP contribution in [-0.2, 0) is 7.05 Å². The maximum atomic E-state index is 13.8. The maximum Gasteiger partial charge on any atom is 0.259 e. The molecule has 0 unspecified atom stereocenters. The van der Waals surface area contributed by atoms with E-state index in [1.54, 1.807) is 13.1 Å². The van der Waals surface area contributed by atoms with E-state index >= 15 is 0 Å². The largest absolute Gasteiger partial charge is 0.311 e. The zero-order chi connectivity index (χ0) is 18.3. The molecule has 0 atom stereocenters. The number of aromatic nitrogens is 1. The van der Waals surface area contributed by atoms with E-state index in [0.29, 0.717) is 39.0 Å². The third kappa shape index (κ3) is 2.48. The number of fused-ring (bicyclic) bond motifs is 1. The van der Waals surface area contributed by atoms with Gasteiger partial charge in [-0.05, 0) is 56.6 Å². The third-order valence-electron chi connectivity index (χ3n) is 4.56. The molecule has 126 valence electrons. The van der Waals surface area contributed by atoms with E-state index in [1.165, 1.54) is 16.7 Å². The van der Waals surface area contributed by atoms with E-state index in [1.807, 2.05) is 26.0 Å². The summed E-state index contributed by atoms with van der Waals surface area (Å²) in [6.07, 6.45) is 0. The van der Waals surface area contributed by atoms with Crippen molar-refractivity contribution in [2.24, 2.45) is 17.0 Å². The van der Waals surface area contributed by atoms with Gasteiger partial charge < -0.3 is 4.57 Å². The summed E-state index contributed by atoms with van der Waals surface area (Å²) in [5, 5.41) is 0.681. The first-order valence-corrected chi connectivity index (χ1v) is 7.77. The molecule has 0 aliphatic rings. The Morgan fingerprint density at radius 1 is 1.04 bits per heavy atom. The van der Waals surface area contributed by atoms with E-state index in [2.05, 4.69) is 23.4 Å². The van der Waals surface area contributed by atoms with Gasteiger partial charge in [0.05, 0.1) is 22.5 Å². The Hall–Kier alpha value is -3.08. The third-order valence-corrected chi connectivity index (χ3v) is 4.56. The number of hydrogen-bond donors (Lipinski definition) is 0. The molecule has 0 fully saturated rings. The highest BCUT2D eigenvalue weighted by Crippen LogP contribution is 2.41. The van der Waals surface area contributed by atoms with E-state index in [9.17, 15) is 9.18 Å². The molecule has 0 radical (unpaired) electrons. The van der Waals surface area contributed by atoms with Gasteiger partial charge in [-0.2, -0.15) is 0 Å². The summed E-state index contributed by atoms with van der Waals surface area (Å²) in [7, 11) is 1.67. The molecule has 4 nitrogen and oxygen atoms in total. The molecule has 5 heteroatoms. The van der Waals surface area contributed by atoms with Crippen molar-refractivity contribution in [1.82, 2.24) is 4.57 Å². The van der Waals surface area contributed by atoms with E-state index in [-0.39, 0.29) is 11.4 Å². The Morgan fingerprint density at radius 3 is 2.36 bits per heavy atom. The summed E-state index contributed by atoms with van der Waals surface area (Å²) in [6.45, 7) is 10.9. The Bertz CT molecular complexity index is 1100. The molecule has 0 N–H and O–H groups in total. The number of benzene rings is 2. The standard InChI is InChI=1S/C20H18FN3O/c1-11-6-8-14(19(23-4)18(11)22-3)17-12(2)15-10-13(21)7-9-16(15)24(5)20(17)25/h6-10H,3-4H2,1-2,5H3. The SMILES string of the molecule is C=Nc1c(C)ccc(-c2c(C)c3cc(F)ccc3n(C)c2=O)c1N=C. The minimum absolute atomic E-state index is 0.180. The highest BCUT2D eigenvalue weighted by molar-refractivity contribution is 5.94. The van der Waals surface area contributed by atoms with E-state index in [4.69, 9.17) is 0 Å². The van der Waals surface area contributed by atoms with Crippen molar-refractivity contribution in [2.45, 2.75) is 13.8 Å². The number of halogens is 1. The van der Waals surface area contributed by atoms with Crippen LogP contribution in [0.4, 0.5) is 15.8 Å². The van der Waals surface area contributed by atoms with Crippen LogP contribution in [0.15, 0.2) is 45.1 Å². The van der Waals surface area contributed by atoms with Crippen LogP contribution in [0.5, 0.6) is 0 Å². The molecule has 3 rings (SSSR count). The second kappa shape index (κ2) is 6.09. The molecule has 0 bridgehead atoms. The summed E-state index contributed by atoms with van der Waals surface area (Å²) in [5.74, 6) is -0.348. The van der Waals surface area contributed by atoms with Crippen molar-refractivity contribution < 1.29 is 4.39 Å². The molecule has 0 aliphatic carbocycles. The van der Waals surface area contributed by atoms with Crippen molar-refractivity contribution in [3.63, 3.8) is 0 Å². The summed E-state index contributed by atoms with van der Waals surface area (Å²) < 4.78 is 15.3. The molecule has 0 saturated heterocycles. The predicted octanol–water partition coefficient (Wildman–Crippen LogP) is 4.63. The number of aryl methyl sites for hydroxylation is 3. The van der Waals surface area contributed by atoms with Crippen LogP contribution >= 0.6 is 0 Å². The molecule has 25 heavy (non-hydrogen) atoms. The quantitative estimate of drug-likeness (QED) is 0.644. The second-order valence-electron chi connectivity index (χ2n) is 5.97. The van der Waals surface area contributed by atoms with E-state index in [0.717, 1.165) is 5.56 Å². The molecule has 2 aromatic carbocycles. The lowest BCUT2D eigenvalue weighted by molar-refractivity contribution is 0.629. The van der Waals surface area contributed by atoms with Gasteiger partial charge in [0.25, 0.3) is 5.56 Å². The lowest BCUT2D eigenvalue weighted by Gasteiger charge is -2.16. The van der Waals surface area contributed by atoms with Gasteiger partial charge in [0.15, 0.2) is 0 Å². The van der Waals surface area contributed by atoms with Gasteiger partial charge in [-0.3, -0.25) is 14.8 Å². The number of rotatable bonds is 3. The Morgan fingerprint density at radius 2 is 1.72 bits per heavy atom. The van der Waals surface area contributed by atoms with Crippen molar-refractivity contribution in [3.05, 3.63) is 57.6 Å². The molecule has 0 spiro atoms. The normalized spacial score (nSPS) is 10.9. The van der Waals surface area contributed by atoms with Crippen molar-refractivity contribution in [3.8, 4) is 11.1 Å². The first-order valence-electron chi connectivity index (χ1n) is 7.77. The topological polar surface area (TPSA) is 46.7 Å². The predicted molar refractivity (Wildman–Crippen MR) is 102 cm³/mol. The van der Waals surface area contributed by atoms with Gasteiger partial charge in [0, 0.05) is 18.0 Å². The van der Waals surface area contributed by atoms with Crippen molar-refractivity contribution >= 4 is 35.7 Å². The van der Waals surface area contributed by atoms with Crippen LogP contribution in [0.25, 0.3) is 22.0 Å². The summed E-state index contributed by atoms with van der Waals surface area (Å²) >= 11 is 0.